The summed E-state index contributed by atoms with van der Waals surface area (Å²) in [5.74, 6) is 1.02. The molecule has 1 aliphatic heterocycles. The molecule has 3 nitrogen and oxygen atoms in total. The van der Waals surface area contributed by atoms with Crippen LogP contribution in [0, 0.1) is 0 Å². The van der Waals surface area contributed by atoms with E-state index in [0.717, 1.165) is 30.8 Å². The number of hydrogen-bond donors (Lipinski definition) is 1. The number of nitrogens with two attached hydrogens (primary N) is 1. The van der Waals surface area contributed by atoms with Gasteiger partial charge in [-0.3, -0.25) is 4.98 Å². The van der Waals surface area contributed by atoms with Crippen LogP contribution in [0.3, 0.4) is 0 Å². The van der Waals surface area contributed by atoms with Gasteiger partial charge in [-0.1, -0.05) is 6.07 Å². The third-order valence-electron chi connectivity index (χ3n) is 3.34. The van der Waals surface area contributed by atoms with Gasteiger partial charge < -0.3 is 10.5 Å². The Morgan fingerprint density at radius 2 is 2.22 bits per heavy atom. The molecule has 0 spiro atoms. The van der Waals surface area contributed by atoms with Crippen molar-refractivity contribution in [2.24, 2.45) is 5.73 Å². The van der Waals surface area contributed by atoms with Gasteiger partial charge >= 0.3 is 0 Å². The smallest absolute Gasteiger partial charge is 0.122 e. The maximum Gasteiger partial charge on any atom is 0.122 e. The molecule has 0 radical (unpaired) electrons. The number of hydrogen-bond acceptors (Lipinski definition) is 3. The predicted molar refractivity (Wildman–Crippen MR) is 71.4 cm³/mol. The van der Waals surface area contributed by atoms with E-state index in [0.29, 0.717) is 6.54 Å². The third-order valence-corrected chi connectivity index (χ3v) is 3.34. The highest BCUT2D eigenvalue weighted by molar-refractivity contribution is 5.68. The lowest BCUT2D eigenvalue weighted by Gasteiger charge is -2.18. The molecule has 3 rings (SSSR count). The Morgan fingerprint density at radius 3 is 3.11 bits per heavy atom. The quantitative estimate of drug-likeness (QED) is 0.877. The highest BCUT2D eigenvalue weighted by Gasteiger charge is 2.12. The van der Waals surface area contributed by atoms with E-state index in [2.05, 4.69) is 23.2 Å². The van der Waals surface area contributed by atoms with E-state index >= 15 is 0 Å². The molecule has 0 unspecified atom stereocenters. The second-order valence-corrected chi connectivity index (χ2v) is 4.51. The zero-order valence-electron chi connectivity index (χ0n) is 10.2. The molecule has 0 aliphatic carbocycles. The largest absolute Gasteiger partial charge is 0.493 e. The van der Waals surface area contributed by atoms with Gasteiger partial charge in [0.05, 0.1) is 6.61 Å². The van der Waals surface area contributed by atoms with Crippen molar-refractivity contribution in [3.63, 3.8) is 0 Å². The van der Waals surface area contributed by atoms with Crippen LogP contribution in [0.1, 0.15) is 17.5 Å². The lowest BCUT2D eigenvalue weighted by molar-refractivity contribution is 0.288. The summed E-state index contributed by atoms with van der Waals surface area (Å²) in [7, 11) is 0. The monoisotopic (exact) mass is 240 g/mol. The molecule has 0 bridgehead atoms. The molecule has 0 saturated heterocycles. The Labute approximate surface area is 107 Å². The number of ether oxygens (including phenoxy) is 1. The van der Waals surface area contributed by atoms with Crippen molar-refractivity contribution in [1.29, 1.82) is 0 Å². The Kier molecular flexibility index (Phi) is 2.99. The van der Waals surface area contributed by atoms with Crippen LogP contribution in [0.2, 0.25) is 0 Å². The van der Waals surface area contributed by atoms with Crippen molar-refractivity contribution in [3.05, 3.63) is 47.8 Å². The molecule has 0 fully saturated rings. The van der Waals surface area contributed by atoms with Crippen molar-refractivity contribution >= 4 is 0 Å². The minimum atomic E-state index is 0.511. The first-order valence-corrected chi connectivity index (χ1v) is 6.27. The van der Waals surface area contributed by atoms with E-state index in [4.69, 9.17) is 10.5 Å². The Morgan fingerprint density at radius 1 is 1.28 bits per heavy atom. The molecule has 92 valence electrons. The molecule has 0 amide bonds. The molecule has 1 aromatic heterocycles. The summed E-state index contributed by atoms with van der Waals surface area (Å²) in [6.07, 6.45) is 5.83. The fourth-order valence-electron chi connectivity index (χ4n) is 2.40. The van der Waals surface area contributed by atoms with Crippen LogP contribution in [-0.2, 0) is 13.0 Å². The Balaban J connectivity index is 2.06. The zero-order valence-corrected chi connectivity index (χ0v) is 10.2. The second kappa shape index (κ2) is 4.78. The summed E-state index contributed by atoms with van der Waals surface area (Å²) in [5.41, 5.74) is 10.5. The Hall–Kier alpha value is -1.87. The van der Waals surface area contributed by atoms with E-state index < -0.39 is 0 Å². The number of aryl methyl sites for hydroxylation is 1. The number of benzene rings is 1. The van der Waals surface area contributed by atoms with E-state index in [1.165, 1.54) is 16.7 Å². The SMILES string of the molecule is NCc1cnccc1-c1ccc2c(c1)CCCO2. The van der Waals surface area contributed by atoms with Crippen molar-refractivity contribution in [2.75, 3.05) is 6.61 Å². The van der Waals surface area contributed by atoms with E-state index in [-0.39, 0.29) is 0 Å². The average Bonchev–Trinajstić information content (AvgIpc) is 2.46. The van der Waals surface area contributed by atoms with Crippen LogP contribution < -0.4 is 10.5 Å². The van der Waals surface area contributed by atoms with Gasteiger partial charge in [-0.05, 0) is 53.3 Å². The molecule has 1 aliphatic rings. The van der Waals surface area contributed by atoms with Gasteiger partial charge in [0.15, 0.2) is 0 Å². The van der Waals surface area contributed by atoms with Crippen molar-refractivity contribution in [2.45, 2.75) is 19.4 Å². The standard InChI is InChI=1S/C15H16N2O/c16-9-13-10-17-6-5-14(13)11-3-4-15-12(8-11)2-1-7-18-15/h3-6,8,10H,1-2,7,9,16H2. The molecule has 0 atom stereocenters. The van der Waals surface area contributed by atoms with E-state index in [9.17, 15) is 0 Å². The van der Waals surface area contributed by atoms with Crippen molar-refractivity contribution < 1.29 is 4.74 Å². The summed E-state index contributed by atoms with van der Waals surface area (Å²) in [6, 6.07) is 8.39. The van der Waals surface area contributed by atoms with Crippen LogP contribution in [0.15, 0.2) is 36.7 Å². The molecule has 2 N–H and O–H groups in total. The molecule has 1 aromatic carbocycles. The van der Waals surface area contributed by atoms with Gasteiger partial charge in [-0.15, -0.1) is 0 Å². The summed E-state index contributed by atoms with van der Waals surface area (Å²) < 4.78 is 5.63. The third kappa shape index (κ3) is 1.97. The van der Waals surface area contributed by atoms with E-state index in [1.807, 2.05) is 18.5 Å². The number of nitrogens with zero attached hydrogens (tertiary/aromatic N) is 1. The van der Waals surface area contributed by atoms with Crippen LogP contribution in [-0.4, -0.2) is 11.6 Å². The fraction of sp³-hybridized carbons (Fsp3) is 0.267. The van der Waals surface area contributed by atoms with Gasteiger partial charge in [0.1, 0.15) is 5.75 Å². The van der Waals surface area contributed by atoms with Crippen LogP contribution in [0.4, 0.5) is 0 Å². The molecular formula is C15H16N2O. The van der Waals surface area contributed by atoms with E-state index in [1.54, 1.807) is 0 Å². The van der Waals surface area contributed by atoms with Crippen LogP contribution in [0.5, 0.6) is 5.75 Å². The van der Waals surface area contributed by atoms with Crippen LogP contribution in [0.25, 0.3) is 11.1 Å². The zero-order chi connectivity index (χ0) is 12.4. The second-order valence-electron chi connectivity index (χ2n) is 4.51. The summed E-state index contributed by atoms with van der Waals surface area (Å²) >= 11 is 0. The maximum atomic E-state index is 5.76. The van der Waals surface area contributed by atoms with Gasteiger partial charge in [0.25, 0.3) is 0 Å². The first-order valence-electron chi connectivity index (χ1n) is 6.27. The number of aromatic nitrogens is 1. The highest BCUT2D eigenvalue weighted by atomic mass is 16.5. The molecule has 2 heterocycles. The normalized spacial score (nSPS) is 13.8. The molecule has 18 heavy (non-hydrogen) atoms. The van der Waals surface area contributed by atoms with Crippen LogP contribution >= 0.6 is 0 Å². The number of rotatable bonds is 2. The first-order chi connectivity index (χ1) is 8.88. The predicted octanol–water partition coefficient (Wildman–Crippen LogP) is 2.53. The lowest BCUT2D eigenvalue weighted by Crippen LogP contribution is -2.08. The van der Waals surface area contributed by atoms with Crippen molar-refractivity contribution in [1.82, 2.24) is 4.98 Å². The molecule has 0 saturated carbocycles. The Bertz CT molecular complexity index is 566. The molecule has 2 aromatic rings. The number of pyridine rings is 1. The molecular weight excluding hydrogens is 224 g/mol. The fourth-order valence-corrected chi connectivity index (χ4v) is 2.40. The van der Waals surface area contributed by atoms with Crippen molar-refractivity contribution in [3.8, 4) is 16.9 Å². The maximum absolute atomic E-state index is 5.76. The summed E-state index contributed by atoms with van der Waals surface area (Å²) in [4.78, 5) is 4.12. The van der Waals surface area contributed by atoms with Gasteiger partial charge in [0.2, 0.25) is 0 Å². The summed E-state index contributed by atoms with van der Waals surface area (Å²) in [6.45, 7) is 1.34. The van der Waals surface area contributed by atoms with Gasteiger partial charge in [0, 0.05) is 18.9 Å². The first kappa shape index (κ1) is 11.2. The topological polar surface area (TPSA) is 48.1 Å². The van der Waals surface area contributed by atoms with Gasteiger partial charge in [-0.25, -0.2) is 0 Å². The number of fused-ring (bicyclic) bond motifs is 1. The molecule has 3 heteroatoms. The highest BCUT2D eigenvalue weighted by Crippen LogP contribution is 2.31. The van der Waals surface area contributed by atoms with Gasteiger partial charge in [-0.2, -0.15) is 0 Å². The summed E-state index contributed by atoms with van der Waals surface area (Å²) in [5, 5.41) is 0. The minimum Gasteiger partial charge on any atom is -0.493 e. The minimum absolute atomic E-state index is 0.511. The average molecular weight is 240 g/mol. The lowest BCUT2D eigenvalue weighted by atomic mass is 9.97.